The Labute approximate surface area is 213 Å². The Balaban J connectivity index is 1.36. The summed E-state index contributed by atoms with van der Waals surface area (Å²) in [5, 5.41) is 29.5. The first-order valence-electron chi connectivity index (χ1n) is 10.8. The molecule has 2 amide bonds. The molecule has 0 unspecified atom stereocenters. The summed E-state index contributed by atoms with van der Waals surface area (Å²) in [4.78, 5) is 39.7. The Morgan fingerprint density at radius 3 is 2.44 bits per heavy atom. The largest absolute Gasteiger partial charge is 0.477 e. The van der Waals surface area contributed by atoms with E-state index in [1.807, 2.05) is 30.3 Å². The highest BCUT2D eigenvalue weighted by molar-refractivity contribution is 8.06. The molecule has 2 atom stereocenters. The molecule has 2 aromatic carbocycles. The fraction of sp³-hybridized carbons (Fsp3) is 0.125. The zero-order valence-corrected chi connectivity index (χ0v) is 20.1. The van der Waals surface area contributed by atoms with Crippen LogP contribution in [-0.2, 0) is 14.4 Å². The lowest BCUT2D eigenvalue weighted by atomic mass is 10.0. The Kier molecular flexibility index (Phi) is 6.53. The van der Waals surface area contributed by atoms with Gasteiger partial charge in [0.15, 0.2) is 5.71 Å². The third-order valence-corrected chi connectivity index (χ3v) is 8.19. The second-order valence-corrected chi connectivity index (χ2v) is 9.99. The quantitative estimate of drug-likeness (QED) is 0.187. The Bertz CT molecular complexity index is 1390. The van der Waals surface area contributed by atoms with Gasteiger partial charge in [-0.25, -0.2) is 9.48 Å². The molecule has 1 aromatic heterocycles. The first-order chi connectivity index (χ1) is 17.5. The molecule has 182 valence electrons. The number of para-hydroxylation sites is 1. The van der Waals surface area contributed by atoms with Gasteiger partial charge in [-0.1, -0.05) is 65.4 Å². The lowest BCUT2D eigenvalue weighted by molar-refractivity contribution is -0.150. The van der Waals surface area contributed by atoms with Crippen LogP contribution in [0.5, 0.6) is 0 Å². The van der Waals surface area contributed by atoms with Gasteiger partial charge in [-0.3, -0.25) is 14.5 Å². The van der Waals surface area contributed by atoms with E-state index in [2.05, 4.69) is 15.6 Å². The van der Waals surface area contributed by atoms with Crippen LogP contribution < -0.4 is 5.32 Å². The minimum absolute atomic E-state index is 0.112. The maximum absolute atomic E-state index is 13.0. The highest BCUT2D eigenvalue weighted by Crippen LogP contribution is 2.45. The molecule has 0 aliphatic carbocycles. The number of carbonyl (C=O) groups excluding carboxylic acids is 2. The van der Waals surface area contributed by atoms with E-state index in [1.54, 1.807) is 47.3 Å². The molecule has 0 saturated carbocycles. The average Bonchev–Trinajstić information content (AvgIpc) is 3.36. The van der Waals surface area contributed by atoms with Crippen LogP contribution in [0.1, 0.15) is 5.56 Å². The molecule has 3 aromatic rings. The molecule has 0 radical (unpaired) electrons. The number of oxime groups is 1. The van der Waals surface area contributed by atoms with Crippen LogP contribution in [-0.4, -0.2) is 65.7 Å². The van der Waals surface area contributed by atoms with Crippen molar-refractivity contribution < 1.29 is 24.7 Å². The predicted molar refractivity (Wildman–Crippen MR) is 134 cm³/mol. The van der Waals surface area contributed by atoms with Crippen LogP contribution in [0, 0.1) is 0 Å². The van der Waals surface area contributed by atoms with Gasteiger partial charge in [0.25, 0.3) is 11.8 Å². The number of β-lactam (4-membered cyclic amide) rings is 1. The lowest BCUT2D eigenvalue weighted by Crippen LogP contribution is -2.71. The van der Waals surface area contributed by atoms with Gasteiger partial charge >= 0.3 is 5.97 Å². The molecule has 3 heterocycles. The van der Waals surface area contributed by atoms with Gasteiger partial charge in [-0.2, -0.15) is 5.10 Å². The maximum Gasteiger partial charge on any atom is 0.353 e. The van der Waals surface area contributed by atoms with Crippen LogP contribution in [0.4, 0.5) is 0 Å². The smallest absolute Gasteiger partial charge is 0.353 e. The highest BCUT2D eigenvalue weighted by atomic mass is 32.2. The van der Waals surface area contributed by atoms with E-state index in [1.165, 1.54) is 28.4 Å². The van der Waals surface area contributed by atoms with Crippen molar-refractivity contribution in [1.29, 1.82) is 0 Å². The highest BCUT2D eigenvalue weighted by Gasteiger charge is 2.54. The van der Waals surface area contributed by atoms with Crippen molar-refractivity contribution in [2.45, 2.75) is 16.4 Å². The zero-order chi connectivity index (χ0) is 25.2. The molecule has 1 saturated heterocycles. The zero-order valence-electron chi connectivity index (χ0n) is 18.5. The number of aromatic nitrogens is 2. The van der Waals surface area contributed by atoms with Crippen LogP contribution in [0.3, 0.4) is 0 Å². The Hall–Kier alpha value is -4.03. The minimum Gasteiger partial charge on any atom is -0.477 e. The maximum atomic E-state index is 13.0. The van der Waals surface area contributed by atoms with Gasteiger partial charge in [-0.05, 0) is 18.2 Å². The fourth-order valence-electron chi connectivity index (χ4n) is 3.97. The molecule has 2 aliphatic heterocycles. The number of hydrogen-bond acceptors (Lipinski definition) is 8. The second kappa shape index (κ2) is 9.91. The number of nitrogens with one attached hydrogen (secondary N) is 1. The van der Waals surface area contributed by atoms with E-state index < -0.39 is 29.2 Å². The van der Waals surface area contributed by atoms with Crippen molar-refractivity contribution >= 4 is 47.0 Å². The summed E-state index contributed by atoms with van der Waals surface area (Å²) >= 11 is 2.59. The number of nitrogens with zero attached hydrogens (tertiary/aromatic N) is 4. The van der Waals surface area contributed by atoms with Crippen LogP contribution in [0.15, 0.2) is 93.7 Å². The van der Waals surface area contributed by atoms with Gasteiger partial charge in [0.2, 0.25) is 0 Å². The number of hydrogen-bond donors (Lipinski definition) is 3. The van der Waals surface area contributed by atoms with Crippen molar-refractivity contribution in [2.24, 2.45) is 5.16 Å². The van der Waals surface area contributed by atoms with Crippen molar-refractivity contribution in [3.05, 3.63) is 89.1 Å². The molecule has 0 spiro atoms. The number of fused-ring (bicyclic) bond motifs is 1. The average molecular weight is 522 g/mol. The number of benzene rings is 2. The second-order valence-electron chi connectivity index (χ2n) is 7.77. The summed E-state index contributed by atoms with van der Waals surface area (Å²) in [6.07, 6.45) is 1.63. The van der Waals surface area contributed by atoms with Gasteiger partial charge in [-0.15, -0.1) is 11.8 Å². The normalized spacial score (nSPS) is 19.5. The Morgan fingerprint density at radius 1 is 1.08 bits per heavy atom. The van der Waals surface area contributed by atoms with Crippen molar-refractivity contribution in [3.63, 3.8) is 0 Å². The third kappa shape index (κ3) is 4.25. The van der Waals surface area contributed by atoms with E-state index in [0.717, 1.165) is 5.69 Å². The van der Waals surface area contributed by atoms with Crippen molar-refractivity contribution in [3.8, 4) is 5.69 Å². The monoisotopic (exact) mass is 521 g/mol. The molecule has 10 nitrogen and oxygen atoms in total. The van der Waals surface area contributed by atoms with Crippen LogP contribution in [0.2, 0.25) is 0 Å². The van der Waals surface area contributed by atoms with Gasteiger partial charge in [0.1, 0.15) is 22.1 Å². The number of aliphatic carboxylic acids is 1. The summed E-state index contributed by atoms with van der Waals surface area (Å²) in [7, 11) is 0. The number of rotatable bonds is 7. The molecule has 12 heteroatoms. The topological polar surface area (TPSA) is 137 Å². The van der Waals surface area contributed by atoms with Gasteiger partial charge in [0, 0.05) is 16.2 Å². The van der Waals surface area contributed by atoms with Crippen molar-refractivity contribution in [1.82, 2.24) is 20.0 Å². The number of carboxylic acids is 1. The molecule has 2 aliphatic rings. The first kappa shape index (κ1) is 23.7. The number of carbonyl (C=O) groups is 3. The van der Waals surface area contributed by atoms with Gasteiger partial charge < -0.3 is 15.6 Å². The van der Waals surface area contributed by atoms with Crippen LogP contribution >= 0.6 is 23.5 Å². The van der Waals surface area contributed by atoms with E-state index in [0.29, 0.717) is 21.2 Å². The predicted octanol–water partition coefficient (Wildman–Crippen LogP) is 2.54. The Morgan fingerprint density at radius 2 is 1.78 bits per heavy atom. The summed E-state index contributed by atoms with van der Waals surface area (Å²) in [5.41, 5.74) is 0.866. The molecular weight excluding hydrogens is 502 g/mol. The molecule has 36 heavy (non-hydrogen) atoms. The molecule has 0 bridgehead atoms. The summed E-state index contributed by atoms with van der Waals surface area (Å²) in [6.45, 7) is 0. The SMILES string of the molecule is O=C(O)C1=C(Sc2ccnn2-c2ccccc2)CS[C@H]2[C@H](NC(=O)/C(=N\O)c3ccccc3)C(=O)N12. The summed E-state index contributed by atoms with van der Waals surface area (Å²) < 4.78 is 1.70. The standard InChI is InChI=1S/C24H19N5O5S2/c30-21(18(27-34)14-7-3-1-4-8-14)26-19-22(31)28-20(24(32)33)16(13-35-23(19)28)36-17-11-12-25-29(17)15-9-5-2-6-10-15/h1-12,19,23,34H,13H2,(H,26,30)(H,32,33)/b27-18-/t19-,23+/m1/s1. The van der Waals surface area contributed by atoms with E-state index in [-0.39, 0.29) is 11.4 Å². The summed E-state index contributed by atoms with van der Waals surface area (Å²) in [6, 6.07) is 18.6. The molecule has 3 N–H and O–H groups in total. The van der Waals surface area contributed by atoms with Crippen molar-refractivity contribution in [2.75, 3.05) is 5.75 Å². The minimum atomic E-state index is -1.23. The number of carboxylic acid groups (broad SMARTS) is 1. The fourth-order valence-corrected chi connectivity index (χ4v) is 6.50. The first-order valence-corrected chi connectivity index (χ1v) is 12.6. The molecule has 5 rings (SSSR count). The van der Waals surface area contributed by atoms with E-state index in [4.69, 9.17) is 0 Å². The number of amides is 2. The van der Waals surface area contributed by atoms with E-state index in [9.17, 15) is 24.7 Å². The number of thioether (sulfide) groups is 2. The molecule has 1 fully saturated rings. The molecular formula is C24H19N5O5S2. The third-order valence-electron chi connectivity index (χ3n) is 5.62. The van der Waals surface area contributed by atoms with Crippen LogP contribution in [0.25, 0.3) is 5.69 Å². The van der Waals surface area contributed by atoms with E-state index >= 15 is 0 Å². The summed E-state index contributed by atoms with van der Waals surface area (Å²) in [5.74, 6) is -2.17. The van der Waals surface area contributed by atoms with Gasteiger partial charge in [0.05, 0.1) is 11.9 Å². The lowest BCUT2D eigenvalue weighted by Gasteiger charge is -2.49.